The summed E-state index contributed by atoms with van der Waals surface area (Å²) < 4.78 is 0. The third-order valence-electron chi connectivity index (χ3n) is 3.92. The molecule has 2 heterocycles. The lowest BCUT2D eigenvalue weighted by Gasteiger charge is -2.36. The van der Waals surface area contributed by atoms with Crippen LogP contribution in [0.25, 0.3) is 0 Å². The number of nitrogens with one attached hydrogen (secondary N) is 1. The van der Waals surface area contributed by atoms with Gasteiger partial charge in [-0.15, -0.1) is 0 Å². The lowest BCUT2D eigenvalue weighted by Crippen LogP contribution is -2.44. The van der Waals surface area contributed by atoms with E-state index in [-0.39, 0.29) is 5.91 Å². The van der Waals surface area contributed by atoms with E-state index in [0.717, 1.165) is 38.2 Å². The molecule has 1 saturated heterocycles. The van der Waals surface area contributed by atoms with Crippen LogP contribution in [0.1, 0.15) is 50.5 Å². The number of amides is 1. The molecule has 1 aliphatic heterocycles. The smallest absolute Gasteiger partial charge is 0.272 e. The Labute approximate surface area is 121 Å². The Morgan fingerprint density at radius 2 is 2.25 bits per heavy atom. The zero-order valence-corrected chi connectivity index (χ0v) is 12.7. The average Bonchev–Trinajstić information content (AvgIpc) is 2.45. The van der Waals surface area contributed by atoms with Crippen molar-refractivity contribution in [1.29, 1.82) is 0 Å². The lowest BCUT2D eigenvalue weighted by molar-refractivity contribution is 0.0583. The normalized spacial score (nSPS) is 22.6. The summed E-state index contributed by atoms with van der Waals surface area (Å²) in [5.41, 5.74) is 0.549. The van der Waals surface area contributed by atoms with E-state index in [0.29, 0.717) is 17.7 Å². The maximum Gasteiger partial charge on any atom is 0.272 e. The molecule has 0 spiro atoms. The molecule has 110 valence electrons. The van der Waals surface area contributed by atoms with Crippen molar-refractivity contribution in [3.8, 4) is 0 Å². The summed E-state index contributed by atoms with van der Waals surface area (Å²) in [6, 6.07) is 5.92. The molecule has 20 heavy (non-hydrogen) atoms. The van der Waals surface area contributed by atoms with E-state index in [9.17, 15) is 4.79 Å². The Balaban J connectivity index is 2.08. The number of aromatic nitrogens is 1. The minimum Gasteiger partial charge on any atom is -0.370 e. The van der Waals surface area contributed by atoms with Crippen molar-refractivity contribution in [2.24, 2.45) is 5.92 Å². The molecule has 1 aromatic rings. The second-order valence-electron chi connectivity index (χ2n) is 5.81. The predicted molar refractivity (Wildman–Crippen MR) is 81.9 cm³/mol. The van der Waals surface area contributed by atoms with Gasteiger partial charge in [0, 0.05) is 19.1 Å². The SMILES string of the molecule is CCCNc1cccc(C(=O)N2CCC(C)CC2C)n1. The van der Waals surface area contributed by atoms with Crippen molar-refractivity contribution in [3.05, 3.63) is 23.9 Å². The van der Waals surface area contributed by atoms with Crippen molar-refractivity contribution in [1.82, 2.24) is 9.88 Å². The third kappa shape index (κ3) is 3.50. The number of hydrogen-bond acceptors (Lipinski definition) is 3. The van der Waals surface area contributed by atoms with Gasteiger partial charge in [-0.05, 0) is 44.2 Å². The van der Waals surface area contributed by atoms with Crippen molar-refractivity contribution < 1.29 is 4.79 Å². The van der Waals surface area contributed by atoms with Gasteiger partial charge in [0.2, 0.25) is 0 Å². The zero-order chi connectivity index (χ0) is 14.5. The van der Waals surface area contributed by atoms with Crippen molar-refractivity contribution in [3.63, 3.8) is 0 Å². The van der Waals surface area contributed by atoms with Crippen LogP contribution in [-0.2, 0) is 0 Å². The van der Waals surface area contributed by atoms with Crippen LogP contribution in [0.3, 0.4) is 0 Å². The molecule has 0 radical (unpaired) electrons. The van der Waals surface area contributed by atoms with Crippen LogP contribution in [0.2, 0.25) is 0 Å². The van der Waals surface area contributed by atoms with Gasteiger partial charge in [-0.25, -0.2) is 4.98 Å². The fourth-order valence-electron chi connectivity index (χ4n) is 2.76. The lowest BCUT2D eigenvalue weighted by atomic mass is 9.93. The highest BCUT2D eigenvalue weighted by Gasteiger charge is 2.28. The summed E-state index contributed by atoms with van der Waals surface area (Å²) in [4.78, 5) is 19.0. The van der Waals surface area contributed by atoms with Gasteiger partial charge < -0.3 is 10.2 Å². The molecule has 2 rings (SSSR count). The number of hydrogen-bond donors (Lipinski definition) is 1. The molecule has 1 aromatic heterocycles. The topological polar surface area (TPSA) is 45.2 Å². The quantitative estimate of drug-likeness (QED) is 0.918. The number of carbonyl (C=O) groups is 1. The Morgan fingerprint density at radius 3 is 2.95 bits per heavy atom. The maximum absolute atomic E-state index is 12.6. The second kappa shape index (κ2) is 6.73. The average molecular weight is 275 g/mol. The molecule has 2 unspecified atom stereocenters. The Kier molecular flexibility index (Phi) is 4.99. The third-order valence-corrected chi connectivity index (χ3v) is 3.92. The number of anilines is 1. The highest BCUT2D eigenvalue weighted by Crippen LogP contribution is 2.23. The van der Waals surface area contributed by atoms with E-state index < -0.39 is 0 Å². The molecular weight excluding hydrogens is 250 g/mol. The standard InChI is InChI=1S/C16H25N3O/c1-4-9-17-15-7-5-6-14(18-15)16(20)19-10-8-12(2)11-13(19)3/h5-7,12-13H,4,8-11H2,1-3H3,(H,17,18). The van der Waals surface area contributed by atoms with Crippen molar-refractivity contribution in [2.75, 3.05) is 18.4 Å². The first-order valence-electron chi connectivity index (χ1n) is 7.63. The number of pyridine rings is 1. The van der Waals surface area contributed by atoms with Crippen LogP contribution in [-0.4, -0.2) is 34.9 Å². The van der Waals surface area contributed by atoms with Gasteiger partial charge in [-0.2, -0.15) is 0 Å². The summed E-state index contributed by atoms with van der Waals surface area (Å²) >= 11 is 0. The number of rotatable bonds is 4. The van der Waals surface area contributed by atoms with Crippen LogP contribution in [0.5, 0.6) is 0 Å². The highest BCUT2D eigenvalue weighted by atomic mass is 16.2. The highest BCUT2D eigenvalue weighted by molar-refractivity contribution is 5.93. The molecule has 0 aliphatic carbocycles. The van der Waals surface area contributed by atoms with Crippen LogP contribution in [0.4, 0.5) is 5.82 Å². The summed E-state index contributed by atoms with van der Waals surface area (Å²) in [6.45, 7) is 8.22. The fraction of sp³-hybridized carbons (Fsp3) is 0.625. The molecule has 4 nitrogen and oxygen atoms in total. The van der Waals surface area contributed by atoms with E-state index >= 15 is 0 Å². The molecule has 1 aliphatic rings. The van der Waals surface area contributed by atoms with Gasteiger partial charge in [-0.1, -0.05) is 19.9 Å². The largest absolute Gasteiger partial charge is 0.370 e. The zero-order valence-electron chi connectivity index (χ0n) is 12.7. The van der Waals surface area contributed by atoms with Gasteiger partial charge >= 0.3 is 0 Å². The van der Waals surface area contributed by atoms with Crippen LogP contribution >= 0.6 is 0 Å². The van der Waals surface area contributed by atoms with E-state index in [4.69, 9.17) is 0 Å². The predicted octanol–water partition coefficient (Wildman–Crippen LogP) is 3.16. The van der Waals surface area contributed by atoms with E-state index in [2.05, 4.69) is 31.1 Å². The van der Waals surface area contributed by atoms with E-state index in [1.165, 1.54) is 0 Å². The second-order valence-corrected chi connectivity index (χ2v) is 5.81. The Hall–Kier alpha value is -1.58. The number of carbonyl (C=O) groups excluding carboxylic acids is 1. The number of likely N-dealkylation sites (tertiary alicyclic amines) is 1. The first-order valence-corrected chi connectivity index (χ1v) is 7.63. The summed E-state index contributed by atoms with van der Waals surface area (Å²) in [6.07, 6.45) is 3.21. The minimum absolute atomic E-state index is 0.0598. The number of nitrogens with zero attached hydrogens (tertiary/aromatic N) is 2. The van der Waals surface area contributed by atoms with E-state index in [1.807, 2.05) is 23.1 Å². The molecular formula is C16H25N3O. The first-order chi connectivity index (χ1) is 9.61. The minimum atomic E-state index is 0.0598. The summed E-state index contributed by atoms with van der Waals surface area (Å²) in [5.74, 6) is 1.56. The van der Waals surface area contributed by atoms with Gasteiger partial charge in [0.05, 0.1) is 0 Å². The summed E-state index contributed by atoms with van der Waals surface area (Å²) in [7, 11) is 0. The molecule has 1 N–H and O–H groups in total. The van der Waals surface area contributed by atoms with Crippen molar-refractivity contribution >= 4 is 11.7 Å². The van der Waals surface area contributed by atoms with Crippen LogP contribution in [0, 0.1) is 5.92 Å². The fourth-order valence-corrected chi connectivity index (χ4v) is 2.76. The molecule has 4 heteroatoms. The van der Waals surface area contributed by atoms with Gasteiger partial charge in [0.25, 0.3) is 5.91 Å². The summed E-state index contributed by atoms with van der Waals surface area (Å²) in [5, 5.41) is 3.23. The monoisotopic (exact) mass is 275 g/mol. The molecule has 0 saturated carbocycles. The van der Waals surface area contributed by atoms with Crippen LogP contribution < -0.4 is 5.32 Å². The van der Waals surface area contributed by atoms with Gasteiger partial charge in [0.15, 0.2) is 0 Å². The number of piperidine rings is 1. The van der Waals surface area contributed by atoms with Crippen LogP contribution in [0.15, 0.2) is 18.2 Å². The van der Waals surface area contributed by atoms with Gasteiger partial charge in [0.1, 0.15) is 11.5 Å². The molecule has 1 amide bonds. The molecule has 0 bridgehead atoms. The molecule has 2 atom stereocenters. The first kappa shape index (κ1) is 14.8. The van der Waals surface area contributed by atoms with Gasteiger partial charge in [-0.3, -0.25) is 4.79 Å². The van der Waals surface area contributed by atoms with E-state index in [1.54, 1.807) is 0 Å². The Bertz CT molecular complexity index is 461. The molecule has 1 fully saturated rings. The Morgan fingerprint density at radius 1 is 1.45 bits per heavy atom. The maximum atomic E-state index is 12.6. The molecule has 0 aromatic carbocycles. The van der Waals surface area contributed by atoms with Crippen molar-refractivity contribution in [2.45, 2.75) is 46.1 Å².